The van der Waals surface area contributed by atoms with Crippen molar-refractivity contribution in [3.05, 3.63) is 16.3 Å². The van der Waals surface area contributed by atoms with Crippen LogP contribution in [0.4, 0.5) is 0 Å². The summed E-state index contributed by atoms with van der Waals surface area (Å²) < 4.78 is 37.3. The zero-order valence-corrected chi connectivity index (χ0v) is 12.9. The number of hydrogen-bond donors (Lipinski definition) is 1. The SMILES string of the molecule is COC(=O)c1sccc1S(=O)(=O)NC(C)C1CCCO1. The Labute approximate surface area is 122 Å². The van der Waals surface area contributed by atoms with E-state index in [0.717, 1.165) is 24.2 Å². The highest BCUT2D eigenvalue weighted by Crippen LogP contribution is 2.24. The molecule has 1 aliphatic heterocycles. The van der Waals surface area contributed by atoms with Crippen LogP contribution < -0.4 is 4.72 Å². The van der Waals surface area contributed by atoms with Crippen LogP contribution in [0.25, 0.3) is 0 Å². The van der Waals surface area contributed by atoms with E-state index in [0.29, 0.717) is 6.61 Å². The third kappa shape index (κ3) is 3.20. The molecule has 2 unspecified atom stereocenters. The van der Waals surface area contributed by atoms with E-state index in [1.807, 2.05) is 0 Å². The zero-order chi connectivity index (χ0) is 14.8. The molecule has 0 amide bonds. The predicted molar refractivity (Wildman–Crippen MR) is 74.4 cm³/mol. The Morgan fingerprint density at radius 1 is 1.60 bits per heavy atom. The fourth-order valence-electron chi connectivity index (χ4n) is 2.13. The number of esters is 1. The molecule has 8 heteroatoms. The van der Waals surface area contributed by atoms with Crippen LogP contribution in [0.2, 0.25) is 0 Å². The quantitative estimate of drug-likeness (QED) is 0.829. The van der Waals surface area contributed by atoms with Gasteiger partial charge >= 0.3 is 5.97 Å². The van der Waals surface area contributed by atoms with Gasteiger partial charge in [0.1, 0.15) is 9.77 Å². The second-order valence-corrected chi connectivity index (χ2v) is 7.17. The number of thiophene rings is 1. The summed E-state index contributed by atoms with van der Waals surface area (Å²) in [6.07, 6.45) is 1.64. The highest BCUT2D eigenvalue weighted by molar-refractivity contribution is 7.89. The summed E-state index contributed by atoms with van der Waals surface area (Å²) in [4.78, 5) is 11.6. The minimum atomic E-state index is -3.76. The molecule has 1 N–H and O–H groups in total. The topological polar surface area (TPSA) is 81.7 Å². The third-order valence-corrected chi connectivity index (χ3v) is 5.78. The first-order chi connectivity index (χ1) is 9.45. The molecular weight excluding hydrogens is 302 g/mol. The van der Waals surface area contributed by atoms with Crippen LogP contribution in [0.3, 0.4) is 0 Å². The van der Waals surface area contributed by atoms with Crippen molar-refractivity contribution < 1.29 is 22.7 Å². The number of methoxy groups -OCH3 is 1. The minimum absolute atomic E-state index is 0.0424. The van der Waals surface area contributed by atoms with Crippen LogP contribution >= 0.6 is 11.3 Å². The first kappa shape index (κ1) is 15.4. The van der Waals surface area contributed by atoms with Gasteiger partial charge in [-0.2, -0.15) is 0 Å². The average molecular weight is 319 g/mol. The molecular formula is C12H17NO5S2. The smallest absolute Gasteiger partial charge is 0.349 e. The van der Waals surface area contributed by atoms with Gasteiger partial charge in [0.25, 0.3) is 0 Å². The van der Waals surface area contributed by atoms with Crippen LogP contribution in [0, 0.1) is 0 Å². The maximum Gasteiger partial charge on any atom is 0.349 e. The Hall–Kier alpha value is -0.960. The van der Waals surface area contributed by atoms with Crippen LogP contribution in [0.15, 0.2) is 16.3 Å². The Morgan fingerprint density at radius 2 is 2.35 bits per heavy atom. The molecule has 0 aromatic carbocycles. The minimum Gasteiger partial charge on any atom is -0.465 e. The third-order valence-electron chi connectivity index (χ3n) is 3.15. The molecule has 112 valence electrons. The maximum atomic E-state index is 12.3. The van der Waals surface area contributed by atoms with E-state index in [1.54, 1.807) is 12.3 Å². The lowest BCUT2D eigenvalue weighted by molar-refractivity contribution is 0.0602. The first-order valence-corrected chi connectivity index (χ1v) is 8.61. The van der Waals surface area contributed by atoms with Gasteiger partial charge < -0.3 is 9.47 Å². The molecule has 6 nitrogen and oxygen atoms in total. The molecule has 1 aromatic rings. The zero-order valence-electron chi connectivity index (χ0n) is 11.3. The molecule has 0 radical (unpaired) electrons. The molecule has 1 aliphatic rings. The fourth-order valence-corrected chi connectivity index (χ4v) is 4.74. The summed E-state index contributed by atoms with van der Waals surface area (Å²) in [6.45, 7) is 2.42. The van der Waals surface area contributed by atoms with Gasteiger partial charge in [0.2, 0.25) is 10.0 Å². The molecule has 1 aromatic heterocycles. The molecule has 2 heterocycles. The second kappa shape index (κ2) is 6.21. The number of ether oxygens (including phenoxy) is 2. The standard InChI is InChI=1S/C12H17NO5S2/c1-8(9-4-3-6-18-9)13-20(15,16)10-5-7-19-11(10)12(14)17-2/h5,7-9,13H,3-4,6H2,1-2H3. The van der Waals surface area contributed by atoms with Crippen molar-refractivity contribution in [2.45, 2.75) is 36.8 Å². The number of carbonyl (C=O) groups is 1. The Kier molecular flexibility index (Phi) is 4.79. The molecule has 0 spiro atoms. The van der Waals surface area contributed by atoms with Crippen molar-refractivity contribution in [1.82, 2.24) is 4.72 Å². The summed E-state index contributed by atoms with van der Waals surface area (Å²) in [5.41, 5.74) is 0. The normalized spacial score (nSPS) is 20.8. The molecule has 1 fully saturated rings. The van der Waals surface area contributed by atoms with Crippen molar-refractivity contribution in [3.63, 3.8) is 0 Å². The molecule has 0 aliphatic carbocycles. The van der Waals surface area contributed by atoms with E-state index in [-0.39, 0.29) is 21.9 Å². The lowest BCUT2D eigenvalue weighted by atomic mass is 10.1. The summed E-state index contributed by atoms with van der Waals surface area (Å²) in [7, 11) is -2.54. The predicted octanol–water partition coefficient (Wildman–Crippen LogP) is 1.38. The van der Waals surface area contributed by atoms with Gasteiger partial charge in [-0.25, -0.2) is 17.9 Å². The van der Waals surface area contributed by atoms with Gasteiger partial charge in [-0.3, -0.25) is 0 Å². The van der Waals surface area contributed by atoms with Gasteiger partial charge in [0, 0.05) is 12.6 Å². The first-order valence-electron chi connectivity index (χ1n) is 6.25. The molecule has 0 bridgehead atoms. The summed E-state index contributed by atoms with van der Waals surface area (Å²) in [5.74, 6) is -0.648. The number of sulfonamides is 1. The van der Waals surface area contributed by atoms with E-state index >= 15 is 0 Å². The van der Waals surface area contributed by atoms with Crippen molar-refractivity contribution >= 4 is 27.3 Å². The van der Waals surface area contributed by atoms with Crippen molar-refractivity contribution in [2.75, 3.05) is 13.7 Å². The van der Waals surface area contributed by atoms with E-state index in [9.17, 15) is 13.2 Å². The van der Waals surface area contributed by atoms with Gasteiger partial charge in [0.15, 0.2) is 0 Å². The highest BCUT2D eigenvalue weighted by Gasteiger charge is 2.30. The summed E-state index contributed by atoms with van der Waals surface area (Å²) in [5, 5.41) is 1.55. The lowest BCUT2D eigenvalue weighted by Gasteiger charge is -2.19. The number of hydrogen-bond acceptors (Lipinski definition) is 6. The van der Waals surface area contributed by atoms with Crippen LogP contribution in [0.1, 0.15) is 29.4 Å². The molecule has 2 rings (SSSR count). The maximum absolute atomic E-state index is 12.3. The van der Waals surface area contributed by atoms with Crippen molar-refractivity contribution in [1.29, 1.82) is 0 Å². The monoisotopic (exact) mass is 319 g/mol. The lowest BCUT2D eigenvalue weighted by Crippen LogP contribution is -2.41. The second-order valence-electron chi connectivity index (χ2n) is 4.57. The van der Waals surface area contributed by atoms with Crippen molar-refractivity contribution in [2.24, 2.45) is 0 Å². The van der Waals surface area contributed by atoms with Crippen LogP contribution in [-0.4, -0.2) is 40.2 Å². The highest BCUT2D eigenvalue weighted by atomic mass is 32.2. The van der Waals surface area contributed by atoms with Crippen LogP contribution in [0.5, 0.6) is 0 Å². The number of rotatable bonds is 5. The largest absolute Gasteiger partial charge is 0.465 e. The van der Waals surface area contributed by atoms with E-state index in [1.165, 1.54) is 13.2 Å². The molecule has 20 heavy (non-hydrogen) atoms. The summed E-state index contributed by atoms with van der Waals surface area (Å²) in [6, 6.07) is 1.06. The van der Waals surface area contributed by atoms with E-state index in [4.69, 9.17) is 4.74 Å². The number of nitrogens with one attached hydrogen (secondary N) is 1. The Balaban J connectivity index is 2.18. The summed E-state index contributed by atoms with van der Waals surface area (Å²) >= 11 is 1.04. The van der Waals surface area contributed by atoms with Gasteiger partial charge in [-0.15, -0.1) is 11.3 Å². The molecule has 2 atom stereocenters. The molecule has 1 saturated heterocycles. The van der Waals surface area contributed by atoms with Gasteiger partial charge in [0.05, 0.1) is 13.2 Å². The van der Waals surface area contributed by atoms with Gasteiger partial charge in [-0.05, 0) is 31.2 Å². The molecule has 0 saturated carbocycles. The van der Waals surface area contributed by atoms with E-state index in [2.05, 4.69) is 9.46 Å². The Morgan fingerprint density at radius 3 is 2.95 bits per heavy atom. The van der Waals surface area contributed by atoms with Crippen LogP contribution in [-0.2, 0) is 19.5 Å². The number of carbonyl (C=O) groups excluding carboxylic acids is 1. The van der Waals surface area contributed by atoms with Gasteiger partial charge in [-0.1, -0.05) is 0 Å². The Bertz CT molecular complexity index is 574. The fraction of sp³-hybridized carbons (Fsp3) is 0.583. The average Bonchev–Trinajstić information content (AvgIpc) is 3.08. The van der Waals surface area contributed by atoms with E-state index < -0.39 is 16.0 Å². The van der Waals surface area contributed by atoms with Crippen molar-refractivity contribution in [3.8, 4) is 0 Å².